The maximum absolute atomic E-state index is 13.4. The van der Waals surface area contributed by atoms with Crippen molar-refractivity contribution in [2.45, 2.75) is 72.6 Å². The average Bonchev–Trinajstić information content (AvgIpc) is 3.92. The topological polar surface area (TPSA) is 150 Å². The molecule has 0 saturated heterocycles. The number of likely N-dealkylation sites (N-methyl/N-ethyl adjacent to an activating group) is 1. The van der Waals surface area contributed by atoms with E-state index in [0.717, 1.165) is 79.8 Å². The molecule has 0 unspecified atom stereocenters. The van der Waals surface area contributed by atoms with E-state index in [4.69, 9.17) is 38.4 Å². The summed E-state index contributed by atoms with van der Waals surface area (Å²) < 4.78 is 32.6. The molecular weight excluding hydrogens is 739 g/mol. The standard InChI is InChI=1S/C45H63N5O8/c1-9-34-30(3)40-27-43-36(28-51)32(5)39(48-43)26-41-31(4)35(45(49-41)33(6)38-24-29(2)37(46-38)25-42(34)47-40)10-11-44(52)50(7)12-13-54-16-17-56-20-21-58-23-22-57-19-18-55-15-14-53-8/h24-28,31,35,46,48H,9-23H2,1-8H3/t31-,35-/m0/s1. The van der Waals surface area contributed by atoms with Gasteiger partial charge in [-0.2, -0.15) is 0 Å². The SMILES string of the molecule is CCC1=C(C)c2cc3[nH]c(cc4nc(c(C)c5cc(C)c(cc1n2)[nH]5)[C@@H](CCC(=O)N(C)CCOCCOCCOCCOCCOCCOC)[C@@H]4C)c(C)c3C=O. The van der Waals surface area contributed by atoms with Crippen LogP contribution < -0.4 is 0 Å². The molecule has 8 bridgehead atoms. The zero-order chi connectivity index (χ0) is 41.6. The molecule has 2 aliphatic heterocycles. The Morgan fingerprint density at radius 2 is 1.31 bits per heavy atom. The summed E-state index contributed by atoms with van der Waals surface area (Å²) >= 11 is 0. The second-order valence-corrected chi connectivity index (χ2v) is 15.0. The van der Waals surface area contributed by atoms with Crippen molar-refractivity contribution in [1.82, 2.24) is 24.8 Å². The number of carbonyl (C=O) groups excluding carboxylic acids is 2. The normalized spacial score (nSPS) is 15.4. The molecule has 3 aromatic rings. The van der Waals surface area contributed by atoms with Gasteiger partial charge in [-0.15, -0.1) is 0 Å². The van der Waals surface area contributed by atoms with Gasteiger partial charge in [0.15, 0.2) is 6.29 Å². The van der Waals surface area contributed by atoms with Crippen LogP contribution in [0.15, 0.2) is 24.3 Å². The zero-order valence-electron chi connectivity index (χ0n) is 35.8. The molecule has 0 aliphatic carbocycles. The van der Waals surface area contributed by atoms with Crippen LogP contribution in [0.4, 0.5) is 0 Å². The third kappa shape index (κ3) is 11.5. The first-order valence-electron chi connectivity index (χ1n) is 20.6. The molecule has 0 fully saturated rings. The van der Waals surface area contributed by atoms with Crippen molar-refractivity contribution in [3.63, 3.8) is 0 Å². The molecule has 0 aromatic carbocycles. The van der Waals surface area contributed by atoms with Crippen LogP contribution in [0.3, 0.4) is 0 Å². The molecule has 2 N–H and O–H groups in total. The molecule has 5 rings (SSSR count). The first-order valence-corrected chi connectivity index (χ1v) is 20.6. The number of aromatic nitrogens is 4. The summed E-state index contributed by atoms with van der Waals surface area (Å²) in [7, 11) is 3.47. The Labute approximate surface area is 342 Å². The third-order valence-electron chi connectivity index (χ3n) is 11.2. The van der Waals surface area contributed by atoms with Crippen LogP contribution in [0.2, 0.25) is 0 Å². The van der Waals surface area contributed by atoms with Gasteiger partial charge in [-0.3, -0.25) is 14.6 Å². The monoisotopic (exact) mass is 801 g/mol. The second kappa shape index (κ2) is 22.2. The van der Waals surface area contributed by atoms with Gasteiger partial charge in [-0.1, -0.05) is 13.8 Å². The largest absolute Gasteiger partial charge is 0.382 e. The first-order chi connectivity index (χ1) is 28.1. The van der Waals surface area contributed by atoms with Gasteiger partial charge in [0.2, 0.25) is 5.91 Å². The van der Waals surface area contributed by atoms with Crippen LogP contribution in [0, 0.1) is 20.8 Å². The van der Waals surface area contributed by atoms with Crippen molar-refractivity contribution in [3.05, 3.63) is 69.3 Å². The Kier molecular flexibility index (Phi) is 17.2. The highest BCUT2D eigenvalue weighted by atomic mass is 16.6. The van der Waals surface area contributed by atoms with Crippen LogP contribution >= 0.6 is 0 Å². The van der Waals surface area contributed by atoms with E-state index in [1.807, 2.05) is 20.0 Å². The van der Waals surface area contributed by atoms with Gasteiger partial charge in [0.25, 0.3) is 0 Å². The molecule has 13 heteroatoms. The lowest BCUT2D eigenvalue weighted by Gasteiger charge is -2.20. The van der Waals surface area contributed by atoms with Gasteiger partial charge in [0, 0.05) is 72.5 Å². The van der Waals surface area contributed by atoms with Crippen molar-refractivity contribution in [1.29, 1.82) is 0 Å². The van der Waals surface area contributed by atoms with E-state index in [1.54, 1.807) is 12.0 Å². The number of aryl methyl sites for hydroxylation is 3. The molecule has 5 heterocycles. The van der Waals surface area contributed by atoms with E-state index in [-0.39, 0.29) is 17.7 Å². The molecule has 0 saturated carbocycles. The fourth-order valence-electron chi connectivity index (χ4n) is 7.48. The lowest BCUT2D eigenvalue weighted by Crippen LogP contribution is -2.30. The van der Waals surface area contributed by atoms with Gasteiger partial charge in [-0.25, -0.2) is 4.98 Å². The summed E-state index contributed by atoms with van der Waals surface area (Å²) in [5, 5.41) is 0. The van der Waals surface area contributed by atoms with Gasteiger partial charge < -0.3 is 43.3 Å². The maximum Gasteiger partial charge on any atom is 0.222 e. The maximum atomic E-state index is 13.4. The number of hydrogen-bond acceptors (Lipinski definition) is 10. The smallest absolute Gasteiger partial charge is 0.222 e. The van der Waals surface area contributed by atoms with Crippen LogP contribution in [-0.2, 0) is 33.2 Å². The van der Waals surface area contributed by atoms with Crippen molar-refractivity contribution in [2.24, 2.45) is 0 Å². The number of ether oxygens (including phenoxy) is 6. The van der Waals surface area contributed by atoms with E-state index in [9.17, 15) is 9.59 Å². The number of aromatic amines is 2. The van der Waals surface area contributed by atoms with Crippen LogP contribution in [0.25, 0.3) is 33.2 Å². The summed E-state index contributed by atoms with van der Waals surface area (Å²) in [5.41, 5.74) is 13.2. The van der Waals surface area contributed by atoms with Crippen molar-refractivity contribution < 1.29 is 38.0 Å². The fraction of sp³-hybridized carbons (Fsp3) is 0.556. The molecular formula is C45H63N5O8. The van der Waals surface area contributed by atoms with Crippen LogP contribution in [0.1, 0.15) is 102 Å². The molecule has 316 valence electrons. The molecule has 0 spiro atoms. The number of methoxy groups -OCH3 is 1. The van der Waals surface area contributed by atoms with E-state index in [2.05, 4.69) is 62.8 Å². The first kappa shape index (κ1) is 44.9. The Balaban J connectivity index is 1.19. The molecule has 0 radical (unpaired) electrons. The summed E-state index contributed by atoms with van der Waals surface area (Å²) in [6.07, 6.45) is 2.78. The van der Waals surface area contributed by atoms with Crippen molar-refractivity contribution in [3.8, 4) is 0 Å². The third-order valence-corrected chi connectivity index (χ3v) is 11.2. The Hall–Kier alpha value is -4.24. The number of hydrogen-bond donors (Lipinski definition) is 2. The molecule has 2 aliphatic rings. The molecule has 2 atom stereocenters. The lowest BCUT2D eigenvalue weighted by molar-refractivity contribution is -0.130. The molecule has 3 aromatic heterocycles. The number of fused-ring (bicyclic) bond motifs is 8. The number of nitrogens with one attached hydrogen (secondary N) is 2. The fourth-order valence-corrected chi connectivity index (χ4v) is 7.48. The highest BCUT2D eigenvalue weighted by Crippen LogP contribution is 2.42. The predicted molar refractivity (Wildman–Crippen MR) is 227 cm³/mol. The van der Waals surface area contributed by atoms with E-state index in [1.165, 1.54) is 5.57 Å². The Morgan fingerprint density at radius 1 is 0.741 bits per heavy atom. The second-order valence-electron chi connectivity index (χ2n) is 15.0. The number of nitrogens with zero attached hydrogens (tertiary/aromatic N) is 3. The predicted octanol–water partition coefficient (Wildman–Crippen LogP) is 7.25. The summed E-state index contributed by atoms with van der Waals surface area (Å²) in [5.74, 6) is 0.125. The van der Waals surface area contributed by atoms with Crippen LogP contribution in [-0.4, -0.2) is 130 Å². The van der Waals surface area contributed by atoms with Gasteiger partial charge in [0.1, 0.15) is 0 Å². The highest BCUT2D eigenvalue weighted by molar-refractivity contribution is 5.96. The van der Waals surface area contributed by atoms with E-state index >= 15 is 0 Å². The number of allylic oxidation sites excluding steroid dienone is 2. The van der Waals surface area contributed by atoms with Gasteiger partial charge in [0.05, 0.1) is 89.6 Å². The van der Waals surface area contributed by atoms with Gasteiger partial charge in [-0.05, 0) is 92.6 Å². The highest BCUT2D eigenvalue weighted by Gasteiger charge is 2.31. The van der Waals surface area contributed by atoms with Crippen LogP contribution in [0.5, 0.6) is 0 Å². The average molecular weight is 802 g/mol. The summed E-state index contributed by atoms with van der Waals surface area (Å²) in [4.78, 5) is 45.1. The number of carbonyl (C=O) groups is 2. The molecule has 58 heavy (non-hydrogen) atoms. The number of amides is 1. The Morgan fingerprint density at radius 3 is 1.91 bits per heavy atom. The van der Waals surface area contributed by atoms with Gasteiger partial charge >= 0.3 is 0 Å². The summed E-state index contributed by atoms with van der Waals surface area (Å²) in [6, 6.07) is 8.36. The minimum absolute atomic E-state index is 0.0196. The number of H-pyrrole nitrogens is 2. The number of rotatable bonds is 23. The van der Waals surface area contributed by atoms with Crippen molar-refractivity contribution >= 4 is 45.4 Å². The minimum Gasteiger partial charge on any atom is -0.382 e. The lowest BCUT2D eigenvalue weighted by atomic mass is 9.86. The molecule has 1 amide bonds. The quantitative estimate of drug-likeness (QED) is 0.0742. The number of aldehydes is 1. The minimum atomic E-state index is 0.0196. The molecule has 13 nitrogen and oxygen atoms in total. The summed E-state index contributed by atoms with van der Waals surface area (Å²) in [6.45, 7) is 18.6. The Bertz CT molecular complexity index is 2050. The van der Waals surface area contributed by atoms with Crippen molar-refractivity contribution in [2.75, 3.05) is 93.4 Å². The zero-order valence-corrected chi connectivity index (χ0v) is 35.8. The van der Waals surface area contributed by atoms with E-state index in [0.29, 0.717) is 97.6 Å². The van der Waals surface area contributed by atoms with E-state index < -0.39 is 0 Å².